The molecule has 2 N–H and O–H groups in total. The Morgan fingerprint density at radius 3 is 2.81 bits per heavy atom. The second-order valence-corrected chi connectivity index (χ2v) is 4.59. The van der Waals surface area contributed by atoms with Crippen LogP contribution < -0.4 is 5.32 Å². The summed E-state index contributed by atoms with van der Waals surface area (Å²) in [6.07, 6.45) is -0.442. The Morgan fingerprint density at radius 1 is 1.56 bits per heavy atom. The van der Waals surface area contributed by atoms with E-state index in [1.165, 1.54) is 4.90 Å². The molecule has 0 spiro atoms. The molecule has 0 bridgehead atoms. The number of carboxylic acids is 1. The highest BCUT2D eigenvalue weighted by Crippen LogP contribution is 2.25. The van der Waals surface area contributed by atoms with Crippen LogP contribution in [0.3, 0.4) is 0 Å². The van der Waals surface area contributed by atoms with Crippen LogP contribution in [0.2, 0.25) is 0 Å². The normalized spacial score (nSPS) is 27.9. The summed E-state index contributed by atoms with van der Waals surface area (Å²) in [6, 6.07) is -0.0893. The van der Waals surface area contributed by atoms with E-state index in [0.29, 0.717) is 5.17 Å². The van der Waals surface area contributed by atoms with Gasteiger partial charge in [-0.25, -0.2) is 9.79 Å². The van der Waals surface area contributed by atoms with Crippen molar-refractivity contribution < 1.29 is 14.7 Å². The summed E-state index contributed by atoms with van der Waals surface area (Å²) in [5.74, 6) is -0.920. The molecule has 2 amide bonds. The SMILES string of the molecule is CN1C(=O)N(C)C2NC(SCC(=O)O)=NC21. The van der Waals surface area contributed by atoms with E-state index in [1.54, 1.807) is 19.0 Å². The first-order valence-corrected chi connectivity index (χ1v) is 5.68. The van der Waals surface area contributed by atoms with Crippen LogP contribution in [0.25, 0.3) is 0 Å². The van der Waals surface area contributed by atoms with Crippen molar-refractivity contribution in [3.63, 3.8) is 0 Å². The van der Waals surface area contributed by atoms with E-state index >= 15 is 0 Å². The van der Waals surface area contributed by atoms with Crippen LogP contribution in [-0.4, -0.2) is 64.3 Å². The number of hydrogen-bond acceptors (Lipinski definition) is 5. The topological polar surface area (TPSA) is 85.2 Å². The molecule has 2 atom stereocenters. The Morgan fingerprint density at radius 2 is 2.25 bits per heavy atom. The molecule has 2 rings (SSSR count). The van der Waals surface area contributed by atoms with Crippen LogP contribution in [0.5, 0.6) is 0 Å². The van der Waals surface area contributed by atoms with Crippen molar-refractivity contribution in [3.8, 4) is 0 Å². The number of thioether (sulfide) groups is 1. The van der Waals surface area contributed by atoms with Crippen LogP contribution in [0.1, 0.15) is 0 Å². The van der Waals surface area contributed by atoms with Gasteiger partial charge in [-0.3, -0.25) is 4.79 Å². The van der Waals surface area contributed by atoms with Gasteiger partial charge in [-0.1, -0.05) is 11.8 Å². The van der Waals surface area contributed by atoms with Crippen LogP contribution in [-0.2, 0) is 4.79 Å². The molecule has 0 aromatic carbocycles. The zero-order valence-electron chi connectivity index (χ0n) is 8.88. The van der Waals surface area contributed by atoms with E-state index in [2.05, 4.69) is 10.3 Å². The summed E-state index contributed by atoms with van der Waals surface area (Å²) in [5, 5.41) is 12.1. The number of fused-ring (bicyclic) bond motifs is 1. The van der Waals surface area contributed by atoms with Crippen molar-refractivity contribution >= 4 is 28.9 Å². The van der Waals surface area contributed by atoms with Gasteiger partial charge in [0.05, 0.1) is 5.75 Å². The third-order valence-corrected chi connectivity index (χ3v) is 3.44. The molecule has 0 saturated carbocycles. The molecule has 2 unspecified atom stereocenters. The third kappa shape index (κ3) is 1.69. The molecule has 0 radical (unpaired) electrons. The van der Waals surface area contributed by atoms with E-state index in [4.69, 9.17) is 5.11 Å². The maximum Gasteiger partial charge on any atom is 0.323 e. The molecule has 2 aliphatic rings. The van der Waals surface area contributed by atoms with Gasteiger partial charge in [0.1, 0.15) is 6.17 Å². The monoisotopic (exact) mass is 244 g/mol. The van der Waals surface area contributed by atoms with E-state index in [9.17, 15) is 9.59 Å². The van der Waals surface area contributed by atoms with Gasteiger partial charge in [-0.15, -0.1) is 0 Å². The van der Waals surface area contributed by atoms with Crippen molar-refractivity contribution in [1.29, 1.82) is 0 Å². The minimum Gasteiger partial charge on any atom is -0.481 e. The Labute approximate surface area is 96.5 Å². The van der Waals surface area contributed by atoms with Gasteiger partial charge >= 0.3 is 12.0 Å². The van der Waals surface area contributed by atoms with Crippen molar-refractivity contribution in [2.24, 2.45) is 4.99 Å². The fourth-order valence-electron chi connectivity index (χ4n) is 1.71. The number of urea groups is 1. The lowest BCUT2D eigenvalue weighted by Gasteiger charge is -2.16. The molecule has 1 fully saturated rings. The van der Waals surface area contributed by atoms with Crippen LogP contribution in [0.4, 0.5) is 4.79 Å². The smallest absolute Gasteiger partial charge is 0.323 e. The predicted octanol–water partition coefficient (Wildman–Crippen LogP) is -0.587. The highest BCUT2D eigenvalue weighted by molar-refractivity contribution is 8.14. The number of nitrogens with zero attached hydrogens (tertiary/aromatic N) is 3. The number of hydrogen-bond donors (Lipinski definition) is 2. The molecule has 8 heteroatoms. The molecular weight excluding hydrogens is 232 g/mol. The Hall–Kier alpha value is -1.44. The van der Waals surface area contributed by atoms with Crippen LogP contribution in [0, 0.1) is 0 Å². The van der Waals surface area contributed by atoms with Gasteiger partial charge in [-0.05, 0) is 0 Å². The quantitative estimate of drug-likeness (QED) is 0.678. The number of nitrogens with one attached hydrogen (secondary N) is 1. The first-order chi connectivity index (χ1) is 7.50. The molecule has 0 aliphatic carbocycles. The van der Waals surface area contributed by atoms with Crippen LogP contribution >= 0.6 is 11.8 Å². The van der Waals surface area contributed by atoms with E-state index in [1.807, 2.05) is 0 Å². The first-order valence-electron chi connectivity index (χ1n) is 4.69. The summed E-state index contributed by atoms with van der Waals surface area (Å²) in [5.41, 5.74) is 0. The number of aliphatic imine (C=N–C) groups is 1. The van der Waals surface area contributed by atoms with E-state index < -0.39 is 5.97 Å². The lowest BCUT2D eigenvalue weighted by Crippen LogP contribution is -2.42. The maximum atomic E-state index is 11.5. The number of aliphatic carboxylic acids is 1. The minimum atomic E-state index is -0.885. The molecule has 2 heterocycles. The third-order valence-electron chi connectivity index (χ3n) is 2.55. The van der Waals surface area contributed by atoms with Crippen LogP contribution in [0.15, 0.2) is 4.99 Å². The Balaban J connectivity index is 2.03. The van der Waals surface area contributed by atoms with Gasteiger partial charge in [0.2, 0.25) is 0 Å². The second kappa shape index (κ2) is 3.85. The van der Waals surface area contributed by atoms with Gasteiger partial charge in [0.25, 0.3) is 0 Å². The molecule has 16 heavy (non-hydrogen) atoms. The standard InChI is InChI=1S/C8H12N4O3S/c1-11-5-6(12(2)8(11)15)10-7(9-5)16-3-4(13)14/h5-6H,3H2,1-2H3,(H,9,10)(H,13,14). The second-order valence-electron chi connectivity index (χ2n) is 3.62. The fraction of sp³-hybridized carbons (Fsp3) is 0.625. The molecule has 88 valence electrons. The lowest BCUT2D eigenvalue weighted by molar-refractivity contribution is -0.133. The number of carboxylic acid groups (broad SMARTS) is 1. The van der Waals surface area contributed by atoms with Gasteiger partial charge in [0, 0.05) is 14.1 Å². The van der Waals surface area contributed by atoms with Crippen molar-refractivity contribution in [2.75, 3.05) is 19.8 Å². The fourth-order valence-corrected chi connectivity index (χ4v) is 2.36. The van der Waals surface area contributed by atoms with Crippen molar-refractivity contribution in [2.45, 2.75) is 12.3 Å². The average Bonchev–Trinajstić information content (AvgIpc) is 2.73. The molecular formula is C8H12N4O3S. The van der Waals surface area contributed by atoms with E-state index in [0.717, 1.165) is 11.8 Å². The van der Waals surface area contributed by atoms with Crippen molar-refractivity contribution in [3.05, 3.63) is 0 Å². The molecule has 2 aliphatic heterocycles. The summed E-state index contributed by atoms with van der Waals surface area (Å²) < 4.78 is 0. The molecule has 0 aromatic rings. The maximum absolute atomic E-state index is 11.5. The number of rotatable bonds is 2. The highest BCUT2D eigenvalue weighted by atomic mass is 32.2. The van der Waals surface area contributed by atoms with Gasteiger partial charge in [0.15, 0.2) is 11.3 Å². The minimum absolute atomic E-state index is 0.0351. The van der Waals surface area contributed by atoms with Crippen molar-refractivity contribution in [1.82, 2.24) is 15.1 Å². The zero-order valence-corrected chi connectivity index (χ0v) is 9.69. The first kappa shape index (κ1) is 11.1. The van der Waals surface area contributed by atoms with Gasteiger partial charge < -0.3 is 20.2 Å². The number of likely N-dealkylation sites (N-methyl/N-ethyl adjacent to an activating group) is 2. The Bertz CT molecular complexity index is 372. The largest absolute Gasteiger partial charge is 0.481 e. The molecule has 7 nitrogen and oxygen atoms in total. The zero-order chi connectivity index (χ0) is 11.9. The van der Waals surface area contributed by atoms with E-state index in [-0.39, 0.29) is 24.1 Å². The molecule has 0 aromatic heterocycles. The average molecular weight is 244 g/mol. The number of amides is 2. The highest BCUT2D eigenvalue weighted by Gasteiger charge is 2.45. The number of carbonyl (C=O) groups is 2. The van der Waals surface area contributed by atoms with Gasteiger partial charge in [-0.2, -0.15) is 0 Å². The summed E-state index contributed by atoms with van der Waals surface area (Å²) >= 11 is 1.13. The number of amidine groups is 1. The predicted molar refractivity (Wildman–Crippen MR) is 59.2 cm³/mol. The molecule has 1 saturated heterocycles. The summed E-state index contributed by atoms with van der Waals surface area (Å²) in [6.45, 7) is 0. The summed E-state index contributed by atoms with van der Waals surface area (Å²) in [4.78, 5) is 29.3. The lowest BCUT2D eigenvalue weighted by atomic mass is 10.4. The number of carbonyl (C=O) groups excluding carboxylic acids is 1. The summed E-state index contributed by atoms with van der Waals surface area (Å²) in [7, 11) is 3.37. The Kier molecular flexibility index (Phi) is 2.66.